The number of aliphatic hydroxyl groups excluding tert-OH is 1. The molecular formula is C15H27NO3. The van der Waals surface area contributed by atoms with Crippen molar-refractivity contribution in [1.29, 1.82) is 0 Å². The van der Waals surface area contributed by atoms with Crippen LogP contribution < -0.4 is 5.32 Å². The normalized spacial score (nSPS) is 35.3. The third-order valence-electron chi connectivity index (χ3n) is 4.64. The predicted molar refractivity (Wildman–Crippen MR) is 73.7 cm³/mol. The van der Waals surface area contributed by atoms with Crippen LogP contribution in [0.2, 0.25) is 0 Å². The number of hydrogen-bond acceptors (Lipinski definition) is 3. The van der Waals surface area contributed by atoms with Gasteiger partial charge in [0.2, 0.25) is 5.91 Å². The molecule has 4 nitrogen and oxygen atoms in total. The lowest BCUT2D eigenvalue weighted by Crippen LogP contribution is -2.36. The van der Waals surface area contributed by atoms with E-state index in [1.807, 2.05) is 0 Å². The fourth-order valence-corrected chi connectivity index (χ4v) is 3.26. The predicted octanol–water partition coefficient (Wildman–Crippen LogP) is 1.86. The molecule has 19 heavy (non-hydrogen) atoms. The molecule has 0 bridgehead atoms. The third-order valence-corrected chi connectivity index (χ3v) is 4.64. The molecule has 0 aromatic carbocycles. The maximum Gasteiger partial charge on any atom is 0.246 e. The standard InChI is InChI=1S/C15H27NO3/c1-11-5-2-3-8-14(11)19-10-15(18)16-9-12-6-4-7-13(12)17/h11-14,17H,2-10H2,1H3,(H,16,18). The van der Waals surface area contributed by atoms with Gasteiger partial charge in [-0.1, -0.05) is 26.2 Å². The zero-order valence-electron chi connectivity index (χ0n) is 11.9. The van der Waals surface area contributed by atoms with Crippen molar-refractivity contribution in [3.05, 3.63) is 0 Å². The fraction of sp³-hybridized carbons (Fsp3) is 0.933. The van der Waals surface area contributed by atoms with Crippen LogP contribution in [0.3, 0.4) is 0 Å². The van der Waals surface area contributed by atoms with E-state index in [1.165, 1.54) is 19.3 Å². The van der Waals surface area contributed by atoms with E-state index < -0.39 is 0 Å². The van der Waals surface area contributed by atoms with Gasteiger partial charge in [0.05, 0.1) is 12.2 Å². The lowest BCUT2D eigenvalue weighted by Gasteiger charge is -2.28. The van der Waals surface area contributed by atoms with Crippen molar-refractivity contribution in [1.82, 2.24) is 5.32 Å². The summed E-state index contributed by atoms with van der Waals surface area (Å²) in [6.07, 6.45) is 7.75. The topological polar surface area (TPSA) is 58.6 Å². The number of nitrogens with one attached hydrogen (secondary N) is 1. The largest absolute Gasteiger partial charge is 0.393 e. The van der Waals surface area contributed by atoms with Gasteiger partial charge in [0, 0.05) is 12.5 Å². The molecule has 0 aromatic heterocycles. The van der Waals surface area contributed by atoms with Crippen LogP contribution >= 0.6 is 0 Å². The molecule has 4 unspecified atom stereocenters. The Morgan fingerprint density at radius 3 is 2.68 bits per heavy atom. The number of carbonyl (C=O) groups excluding carboxylic acids is 1. The number of hydrogen-bond donors (Lipinski definition) is 2. The van der Waals surface area contributed by atoms with Gasteiger partial charge in [-0.3, -0.25) is 4.79 Å². The highest BCUT2D eigenvalue weighted by atomic mass is 16.5. The zero-order chi connectivity index (χ0) is 13.7. The van der Waals surface area contributed by atoms with Crippen molar-refractivity contribution in [2.24, 2.45) is 11.8 Å². The highest BCUT2D eigenvalue weighted by molar-refractivity contribution is 5.77. The number of rotatable bonds is 5. The summed E-state index contributed by atoms with van der Waals surface area (Å²) in [6, 6.07) is 0. The molecule has 2 rings (SSSR count). The van der Waals surface area contributed by atoms with Gasteiger partial charge < -0.3 is 15.2 Å². The molecule has 110 valence electrons. The Kier molecular flexibility index (Phi) is 5.64. The Labute approximate surface area is 115 Å². The Morgan fingerprint density at radius 2 is 2.00 bits per heavy atom. The molecule has 4 heteroatoms. The smallest absolute Gasteiger partial charge is 0.246 e. The van der Waals surface area contributed by atoms with E-state index in [-0.39, 0.29) is 30.6 Å². The molecule has 0 radical (unpaired) electrons. The minimum absolute atomic E-state index is 0.0446. The molecule has 1 amide bonds. The van der Waals surface area contributed by atoms with Crippen LogP contribution in [0.5, 0.6) is 0 Å². The second kappa shape index (κ2) is 7.25. The van der Waals surface area contributed by atoms with E-state index in [2.05, 4.69) is 12.2 Å². The van der Waals surface area contributed by atoms with Crippen molar-refractivity contribution in [3.63, 3.8) is 0 Å². The fourth-order valence-electron chi connectivity index (χ4n) is 3.26. The molecule has 0 aliphatic heterocycles. The lowest BCUT2D eigenvalue weighted by molar-refractivity contribution is -0.129. The van der Waals surface area contributed by atoms with Crippen LogP contribution in [0.4, 0.5) is 0 Å². The number of aliphatic hydroxyl groups is 1. The van der Waals surface area contributed by atoms with Crippen LogP contribution in [0, 0.1) is 11.8 Å². The van der Waals surface area contributed by atoms with E-state index in [0.717, 1.165) is 25.7 Å². The Balaban J connectivity index is 1.61. The summed E-state index contributed by atoms with van der Waals surface area (Å²) in [5.41, 5.74) is 0. The lowest BCUT2D eigenvalue weighted by atomic mass is 9.88. The first-order valence-corrected chi connectivity index (χ1v) is 7.73. The van der Waals surface area contributed by atoms with Crippen molar-refractivity contribution >= 4 is 5.91 Å². The summed E-state index contributed by atoms with van der Waals surface area (Å²) >= 11 is 0. The van der Waals surface area contributed by atoms with Gasteiger partial charge in [0.15, 0.2) is 0 Å². The molecule has 0 spiro atoms. The summed E-state index contributed by atoms with van der Waals surface area (Å²) in [7, 11) is 0. The van der Waals surface area contributed by atoms with E-state index >= 15 is 0 Å². The number of carbonyl (C=O) groups is 1. The van der Waals surface area contributed by atoms with Gasteiger partial charge in [0.1, 0.15) is 6.61 Å². The van der Waals surface area contributed by atoms with Gasteiger partial charge in [0.25, 0.3) is 0 Å². The van der Waals surface area contributed by atoms with Crippen LogP contribution in [0.25, 0.3) is 0 Å². The third kappa shape index (κ3) is 4.46. The molecule has 0 aromatic rings. The van der Waals surface area contributed by atoms with Crippen LogP contribution in [0.15, 0.2) is 0 Å². The second-order valence-corrected chi connectivity index (χ2v) is 6.17. The van der Waals surface area contributed by atoms with Crippen molar-refractivity contribution in [3.8, 4) is 0 Å². The molecule has 4 atom stereocenters. The average molecular weight is 269 g/mol. The highest BCUT2D eigenvalue weighted by Gasteiger charge is 2.26. The Bertz CT molecular complexity index is 295. The SMILES string of the molecule is CC1CCCCC1OCC(=O)NCC1CCCC1O. The Morgan fingerprint density at radius 1 is 1.21 bits per heavy atom. The van der Waals surface area contributed by atoms with E-state index in [9.17, 15) is 9.90 Å². The first kappa shape index (κ1) is 14.8. The monoisotopic (exact) mass is 269 g/mol. The molecule has 0 saturated heterocycles. The molecule has 2 saturated carbocycles. The summed E-state index contributed by atoms with van der Waals surface area (Å²) in [4.78, 5) is 11.7. The summed E-state index contributed by atoms with van der Waals surface area (Å²) in [5.74, 6) is 0.757. The summed E-state index contributed by atoms with van der Waals surface area (Å²) < 4.78 is 5.72. The highest BCUT2D eigenvalue weighted by Crippen LogP contribution is 2.26. The maximum absolute atomic E-state index is 11.7. The van der Waals surface area contributed by atoms with Crippen molar-refractivity contribution < 1.29 is 14.6 Å². The molecule has 2 aliphatic carbocycles. The van der Waals surface area contributed by atoms with Crippen LogP contribution in [-0.2, 0) is 9.53 Å². The van der Waals surface area contributed by atoms with Gasteiger partial charge in [-0.2, -0.15) is 0 Å². The van der Waals surface area contributed by atoms with E-state index in [0.29, 0.717) is 12.5 Å². The van der Waals surface area contributed by atoms with Gasteiger partial charge in [-0.25, -0.2) is 0 Å². The molecule has 2 fully saturated rings. The molecule has 2 aliphatic rings. The van der Waals surface area contributed by atoms with Crippen LogP contribution in [-0.4, -0.2) is 36.4 Å². The van der Waals surface area contributed by atoms with Gasteiger partial charge in [-0.05, 0) is 31.6 Å². The second-order valence-electron chi connectivity index (χ2n) is 6.17. The van der Waals surface area contributed by atoms with Gasteiger partial charge in [-0.15, -0.1) is 0 Å². The minimum Gasteiger partial charge on any atom is -0.393 e. The first-order chi connectivity index (χ1) is 9.16. The van der Waals surface area contributed by atoms with E-state index in [1.54, 1.807) is 0 Å². The summed E-state index contributed by atoms with van der Waals surface area (Å²) in [5, 5.41) is 12.6. The maximum atomic E-state index is 11.7. The first-order valence-electron chi connectivity index (χ1n) is 7.73. The van der Waals surface area contributed by atoms with Crippen LogP contribution in [0.1, 0.15) is 51.9 Å². The number of amides is 1. The number of ether oxygens (including phenoxy) is 1. The minimum atomic E-state index is -0.236. The van der Waals surface area contributed by atoms with Gasteiger partial charge >= 0.3 is 0 Å². The summed E-state index contributed by atoms with van der Waals surface area (Å²) in [6.45, 7) is 2.96. The molecular weight excluding hydrogens is 242 g/mol. The Hall–Kier alpha value is -0.610. The molecule has 2 N–H and O–H groups in total. The van der Waals surface area contributed by atoms with Crippen molar-refractivity contribution in [2.45, 2.75) is 64.1 Å². The zero-order valence-corrected chi connectivity index (χ0v) is 11.9. The average Bonchev–Trinajstić information content (AvgIpc) is 2.81. The van der Waals surface area contributed by atoms with E-state index in [4.69, 9.17) is 4.74 Å². The molecule has 0 heterocycles. The quantitative estimate of drug-likeness (QED) is 0.801. The van der Waals surface area contributed by atoms with Crippen molar-refractivity contribution in [2.75, 3.05) is 13.2 Å².